The van der Waals surface area contributed by atoms with E-state index in [1.165, 1.54) is 0 Å². The zero-order chi connectivity index (χ0) is 27.2. The summed E-state index contributed by atoms with van der Waals surface area (Å²) in [5.74, 6) is -0.413. The molecule has 5 rings (SSSR count). The molecule has 11 heteroatoms. The molecule has 8 nitrogen and oxygen atoms in total. The van der Waals surface area contributed by atoms with E-state index in [0.717, 1.165) is 52.5 Å². The number of rotatable bonds is 10. The second kappa shape index (κ2) is 12.4. The molecule has 0 fully saturated rings. The molecule has 2 amide bonds. The molecule has 4 N–H and O–H groups in total. The first-order valence-electron chi connectivity index (χ1n) is 12.1. The zero-order valence-electron chi connectivity index (χ0n) is 21.3. The summed E-state index contributed by atoms with van der Waals surface area (Å²) in [6, 6.07) is 15.7. The van der Waals surface area contributed by atoms with Gasteiger partial charge in [-0.3, -0.25) is 9.59 Å². The van der Waals surface area contributed by atoms with Crippen molar-refractivity contribution in [2.45, 2.75) is 21.3 Å². The molecule has 0 saturated heterocycles. The number of aromatic amines is 2. The quantitative estimate of drug-likeness (QED) is 0.0996. The number of nitrogens with zero attached hydrogens (tertiary/aromatic N) is 2. The van der Waals surface area contributed by atoms with Gasteiger partial charge < -0.3 is 9.97 Å². The number of para-hydroxylation sites is 2. The van der Waals surface area contributed by atoms with Crippen LogP contribution >= 0.6 is 34.9 Å². The van der Waals surface area contributed by atoms with E-state index in [1.807, 2.05) is 73.4 Å². The first kappa shape index (κ1) is 26.8. The van der Waals surface area contributed by atoms with Crippen molar-refractivity contribution >= 4 is 80.9 Å². The van der Waals surface area contributed by atoms with Gasteiger partial charge in [0, 0.05) is 45.3 Å². The highest BCUT2D eigenvalue weighted by Gasteiger charge is 2.16. The molecule has 0 aliphatic carbocycles. The SMILES string of the molecule is CSc1sc(SC)c(C=NNC(=O)Cc2c[nH]c3ccccc23)c1C=NNC(=O)Cc1c[nH]c2ccccc12. The second-order valence-corrected chi connectivity index (χ2v) is 11.7. The van der Waals surface area contributed by atoms with Crippen molar-refractivity contribution in [3.63, 3.8) is 0 Å². The van der Waals surface area contributed by atoms with Crippen LogP contribution in [-0.4, -0.2) is 46.7 Å². The fourth-order valence-corrected chi connectivity index (χ4v) is 7.08. The van der Waals surface area contributed by atoms with Gasteiger partial charge in [0.05, 0.1) is 33.7 Å². The maximum atomic E-state index is 12.6. The third kappa shape index (κ3) is 6.11. The average molecular weight is 575 g/mol. The molecule has 0 bridgehead atoms. The largest absolute Gasteiger partial charge is 0.361 e. The number of carbonyl (C=O) groups is 2. The number of carbonyl (C=O) groups excluding carboxylic acids is 2. The number of thiophene rings is 1. The van der Waals surface area contributed by atoms with Gasteiger partial charge in [-0.1, -0.05) is 36.4 Å². The molecule has 0 spiro atoms. The monoisotopic (exact) mass is 574 g/mol. The molecule has 0 saturated carbocycles. The lowest BCUT2D eigenvalue weighted by Crippen LogP contribution is -2.20. The molecule has 3 heterocycles. The number of hydrogen-bond acceptors (Lipinski definition) is 7. The molecule has 0 aliphatic heterocycles. The van der Waals surface area contributed by atoms with E-state index in [1.54, 1.807) is 47.3 Å². The highest BCUT2D eigenvalue weighted by molar-refractivity contribution is 8.02. The van der Waals surface area contributed by atoms with Crippen LogP contribution in [0.1, 0.15) is 22.3 Å². The maximum Gasteiger partial charge on any atom is 0.244 e. The minimum absolute atomic E-state index is 0.207. The number of thioether (sulfide) groups is 2. The minimum atomic E-state index is -0.207. The number of H-pyrrole nitrogens is 2. The summed E-state index contributed by atoms with van der Waals surface area (Å²) < 4.78 is 2.08. The predicted octanol–water partition coefficient (Wildman–Crippen LogP) is 5.54. The van der Waals surface area contributed by atoms with Crippen LogP contribution in [0.15, 0.2) is 79.5 Å². The Labute approximate surface area is 237 Å². The summed E-state index contributed by atoms with van der Waals surface area (Å²) >= 11 is 4.82. The molecule has 5 aromatic rings. The van der Waals surface area contributed by atoms with Crippen molar-refractivity contribution in [1.29, 1.82) is 0 Å². The van der Waals surface area contributed by atoms with E-state index in [-0.39, 0.29) is 24.7 Å². The molecule has 3 aromatic heterocycles. The van der Waals surface area contributed by atoms with E-state index in [9.17, 15) is 9.59 Å². The van der Waals surface area contributed by atoms with Crippen molar-refractivity contribution in [2.24, 2.45) is 10.2 Å². The van der Waals surface area contributed by atoms with Crippen molar-refractivity contribution in [3.8, 4) is 0 Å². The van der Waals surface area contributed by atoms with Crippen LogP contribution in [0.25, 0.3) is 21.8 Å². The Kier molecular flexibility index (Phi) is 8.50. The van der Waals surface area contributed by atoms with E-state index in [2.05, 4.69) is 31.0 Å². The van der Waals surface area contributed by atoms with E-state index in [4.69, 9.17) is 0 Å². The topological polar surface area (TPSA) is 114 Å². The van der Waals surface area contributed by atoms with Crippen LogP contribution in [0.3, 0.4) is 0 Å². The number of benzene rings is 2. The second-order valence-electron chi connectivity index (χ2n) is 8.57. The average Bonchev–Trinajstić information content (AvgIpc) is 3.65. The molecular weight excluding hydrogens is 549 g/mol. The summed E-state index contributed by atoms with van der Waals surface area (Å²) in [6.07, 6.45) is 11.4. The Morgan fingerprint density at radius 1 is 0.769 bits per heavy atom. The van der Waals surface area contributed by atoms with Gasteiger partial charge in [-0.2, -0.15) is 10.2 Å². The van der Waals surface area contributed by atoms with Gasteiger partial charge in [-0.15, -0.1) is 34.9 Å². The van der Waals surface area contributed by atoms with Crippen LogP contribution in [-0.2, 0) is 22.4 Å². The Balaban J connectivity index is 1.25. The number of nitrogens with one attached hydrogen (secondary N) is 4. The highest BCUT2D eigenvalue weighted by atomic mass is 32.2. The Bertz CT molecular complexity index is 1580. The van der Waals surface area contributed by atoms with E-state index < -0.39 is 0 Å². The number of aromatic nitrogens is 2. The summed E-state index contributed by atoms with van der Waals surface area (Å²) in [5.41, 5.74) is 10.8. The van der Waals surface area contributed by atoms with Crippen molar-refractivity contribution in [3.05, 3.63) is 83.2 Å². The third-order valence-electron chi connectivity index (χ3n) is 6.10. The van der Waals surface area contributed by atoms with Crippen LogP contribution in [0, 0.1) is 0 Å². The summed E-state index contributed by atoms with van der Waals surface area (Å²) in [4.78, 5) is 31.5. The molecule has 198 valence electrons. The fraction of sp³-hybridized carbons (Fsp3) is 0.143. The lowest BCUT2D eigenvalue weighted by molar-refractivity contribution is -0.121. The molecule has 2 aromatic carbocycles. The number of hydrazone groups is 2. The fourth-order valence-electron chi connectivity index (χ4n) is 4.28. The summed E-state index contributed by atoms with van der Waals surface area (Å²) in [7, 11) is 0. The van der Waals surface area contributed by atoms with Gasteiger partial charge in [0.2, 0.25) is 11.8 Å². The van der Waals surface area contributed by atoms with Gasteiger partial charge in [-0.05, 0) is 35.8 Å². The number of hydrogen-bond donors (Lipinski definition) is 4. The Morgan fingerprint density at radius 2 is 1.21 bits per heavy atom. The van der Waals surface area contributed by atoms with Gasteiger partial charge in [0.25, 0.3) is 0 Å². The normalized spacial score (nSPS) is 11.7. The van der Waals surface area contributed by atoms with Crippen molar-refractivity contribution in [1.82, 2.24) is 20.8 Å². The Morgan fingerprint density at radius 3 is 1.64 bits per heavy atom. The first-order chi connectivity index (χ1) is 19.1. The van der Waals surface area contributed by atoms with Gasteiger partial charge >= 0.3 is 0 Å². The lowest BCUT2D eigenvalue weighted by atomic mass is 10.1. The number of amides is 2. The van der Waals surface area contributed by atoms with Crippen LogP contribution in [0.2, 0.25) is 0 Å². The molecular formula is C28H26N6O2S3. The molecule has 0 radical (unpaired) electrons. The zero-order valence-corrected chi connectivity index (χ0v) is 23.7. The summed E-state index contributed by atoms with van der Waals surface area (Å²) in [6.45, 7) is 0. The number of fused-ring (bicyclic) bond motifs is 2. The van der Waals surface area contributed by atoms with E-state index >= 15 is 0 Å². The van der Waals surface area contributed by atoms with Crippen LogP contribution < -0.4 is 10.9 Å². The minimum Gasteiger partial charge on any atom is -0.361 e. The standard InChI is InChI=1S/C28H26N6O2S3/c1-37-27-21(15-31-33-25(35)11-17-13-29-23-9-5-3-7-19(17)23)22(28(38-2)39-27)16-32-34-26(36)12-18-14-30-24-10-6-4-8-20(18)24/h3-10,13-16,29-30H,11-12H2,1-2H3,(H,33,35)(H,34,36). The van der Waals surface area contributed by atoms with Crippen molar-refractivity contribution in [2.75, 3.05) is 12.5 Å². The summed E-state index contributed by atoms with van der Waals surface area (Å²) in [5, 5.41) is 10.5. The Hall–Kier alpha value is -3.80. The van der Waals surface area contributed by atoms with Gasteiger partial charge in [0.1, 0.15) is 0 Å². The first-order valence-corrected chi connectivity index (χ1v) is 15.3. The maximum absolute atomic E-state index is 12.6. The van der Waals surface area contributed by atoms with Gasteiger partial charge in [0.15, 0.2) is 0 Å². The predicted molar refractivity (Wildman–Crippen MR) is 163 cm³/mol. The lowest BCUT2D eigenvalue weighted by Gasteiger charge is -2.02. The third-order valence-corrected chi connectivity index (χ3v) is 9.60. The van der Waals surface area contributed by atoms with Crippen LogP contribution in [0.5, 0.6) is 0 Å². The molecule has 0 aliphatic rings. The smallest absolute Gasteiger partial charge is 0.244 e. The van der Waals surface area contributed by atoms with Crippen molar-refractivity contribution < 1.29 is 9.59 Å². The van der Waals surface area contributed by atoms with Crippen LogP contribution in [0.4, 0.5) is 0 Å². The molecule has 39 heavy (non-hydrogen) atoms. The molecule has 0 atom stereocenters. The van der Waals surface area contributed by atoms with E-state index in [0.29, 0.717) is 0 Å². The highest BCUT2D eigenvalue weighted by Crippen LogP contribution is 2.38. The van der Waals surface area contributed by atoms with Gasteiger partial charge in [-0.25, -0.2) is 10.9 Å². The molecule has 0 unspecified atom stereocenters.